The van der Waals surface area contributed by atoms with Gasteiger partial charge in [0.15, 0.2) is 0 Å². The summed E-state index contributed by atoms with van der Waals surface area (Å²) in [6, 6.07) is 19.2. The molecule has 4 aromatic rings. The average Bonchev–Trinajstić information content (AvgIpc) is 2.58. The van der Waals surface area contributed by atoms with Crippen molar-refractivity contribution in [1.82, 2.24) is 0 Å². The third-order valence-corrected chi connectivity index (χ3v) is 4.30. The Morgan fingerprint density at radius 3 is 2.23 bits per heavy atom. The smallest absolute Gasteiger partial charge is 0.305 e. The molecule has 0 aliphatic heterocycles. The molecule has 0 aliphatic carbocycles. The molecule has 4 rings (SSSR count). The van der Waals surface area contributed by atoms with Gasteiger partial charge in [-0.2, -0.15) is 0 Å². The van der Waals surface area contributed by atoms with Gasteiger partial charge >= 0.3 is 5.97 Å². The number of carbonyl (C=O) groups excluding carboxylic acids is 1. The molecule has 0 amide bonds. The lowest BCUT2D eigenvalue weighted by atomic mass is 9.92. The van der Waals surface area contributed by atoms with E-state index < -0.39 is 0 Å². The van der Waals surface area contributed by atoms with Crippen LogP contribution in [0.3, 0.4) is 0 Å². The lowest BCUT2D eigenvalue weighted by Crippen LogP contribution is -2.02. The molecule has 0 spiro atoms. The number of benzene rings is 4. The lowest BCUT2D eigenvalue weighted by Gasteiger charge is -2.13. The van der Waals surface area contributed by atoms with E-state index in [1.807, 2.05) is 6.92 Å². The Morgan fingerprint density at radius 2 is 1.50 bits per heavy atom. The van der Waals surface area contributed by atoms with Crippen molar-refractivity contribution in [2.75, 3.05) is 0 Å². The monoisotopic (exact) mass is 288 g/mol. The van der Waals surface area contributed by atoms with Crippen LogP contribution < -0.4 is 0 Å². The summed E-state index contributed by atoms with van der Waals surface area (Å²) in [6.07, 6.45) is 0.409. The molecule has 108 valence electrons. The standard InChI is InChI=1S/C20H16O2/c1-2-18(21)22-12-16-9-8-15-7-6-13-4-3-5-14-10-11-17(16)20(15)19(13)14/h3-11H,2,12H2,1H3. The van der Waals surface area contributed by atoms with Crippen LogP contribution in [0.1, 0.15) is 18.9 Å². The van der Waals surface area contributed by atoms with E-state index >= 15 is 0 Å². The first kappa shape index (κ1) is 13.1. The highest BCUT2D eigenvalue weighted by molar-refractivity contribution is 6.23. The molecule has 0 bridgehead atoms. The Bertz CT molecular complexity index is 969. The van der Waals surface area contributed by atoms with Gasteiger partial charge in [-0.05, 0) is 37.9 Å². The van der Waals surface area contributed by atoms with Crippen molar-refractivity contribution in [2.24, 2.45) is 0 Å². The van der Waals surface area contributed by atoms with E-state index in [4.69, 9.17) is 4.74 Å². The first-order valence-corrected chi connectivity index (χ1v) is 7.59. The highest BCUT2D eigenvalue weighted by Crippen LogP contribution is 2.35. The van der Waals surface area contributed by atoms with Crippen molar-refractivity contribution in [3.63, 3.8) is 0 Å². The van der Waals surface area contributed by atoms with Crippen LogP contribution in [0.2, 0.25) is 0 Å². The van der Waals surface area contributed by atoms with E-state index in [0.29, 0.717) is 13.0 Å². The summed E-state index contributed by atoms with van der Waals surface area (Å²) < 4.78 is 5.33. The van der Waals surface area contributed by atoms with Gasteiger partial charge in [0.2, 0.25) is 0 Å². The highest BCUT2D eigenvalue weighted by atomic mass is 16.5. The van der Waals surface area contributed by atoms with Crippen LogP contribution in [0.4, 0.5) is 0 Å². The van der Waals surface area contributed by atoms with Crippen LogP contribution in [0.25, 0.3) is 32.3 Å². The summed E-state index contributed by atoms with van der Waals surface area (Å²) >= 11 is 0. The number of rotatable bonds is 3. The fourth-order valence-electron chi connectivity index (χ4n) is 3.18. The van der Waals surface area contributed by atoms with Crippen LogP contribution in [0.15, 0.2) is 54.6 Å². The normalized spacial score (nSPS) is 11.5. The molecule has 2 nitrogen and oxygen atoms in total. The Hall–Kier alpha value is -2.61. The Kier molecular flexibility index (Phi) is 2.97. The van der Waals surface area contributed by atoms with Crippen molar-refractivity contribution in [3.8, 4) is 0 Å². The number of esters is 1. The first-order chi connectivity index (χ1) is 10.8. The first-order valence-electron chi connectivity index (χ1n) is 7.59. The molecule has 0 fully saturated rings. The van der Waals surface area contributed by atoms with E-state index in [1.54, 1.807) is 0 Å². The van der Waals surface area contributed by atoms with Crippen LogP contribution in [-0.4, -0.2) is 5.97 Å². The third kappa shape index (κ3) is 1.92. The van der Waals surface area contributed by atoms with Gasteiger partial charge in [-0.1, -0.05) is 61.5 Å². The fourth-order valence-corrected chi connectivity index (χ4v) is 3.18. The SMILES string of the molecule is CCC(=O)OCc1ccc2ccc3cccc4ccc1c2c34. The summed E-state index contributed by atoms with van der Waals surface area (Å²) in [5.41, 5.74) is 1.06. The second-order valence-corrected chi connectivity index (χ2v) is 5.59. The quantitative estimate of drug-likeness (QED) is 0.390. The van der Waals surface area contributed by atoms with Gasteiger partial charge < -0.3 is 4.74 Å². The maximum Gasteiger partial charge on any atom is 0.305 e. The molecule has 0 aliphatic rings. The summed E-state index contributed by atoms with van der Waals surface area (Å²) in [5.74, 6) is -0.161. The number of ether oxygens (including phenoxy) is 1. The Labute approximate surface area is 128 Å². The van der Waals surface area contributed by atoms with Crippen LogP contribution >= 0.6 is 0 Å². The molecule has 4 aromatic carbocycles. The predicted molar refractivity (Wildman–Crippen MR) is 90.2 cm³/mol. The van der Waals surface area contributed by atoms with E-state index in [0.717, 1.165) is 5.56 Å². The third-order valence-electron chi connectivity index (χ3n) is 4.30. The largest absolute Gasteiger partial charge is 0.461 e. The van der Waals surface area contributed by atoms with Crippen molar-refractivity contribution in [1.29, 1.82) is 0 Å². The minimum Gasteiger partial charge on any atom is -0.461 e. The Morgan fingerprint density at radius 1 is 0.864 bits per heavy atom. The zero-order chi connectivity index (χ0) is 15.1. The summed E-state index contributed by atoms with van der Waals surface area (Å²) in [6.45, 7) is 2.15. The number of carbonyl (C=O) groups is 1. The number of hydrogen-bond donors (Lipinski definition) is 0. The zero-order valence-corrected chi connectivity index (χ0v) is 12.4. The van der Waals surface area contributed by atoms with E-state index in [2.05, 4.69) is 54.6 Å². The molecule has 0 atom stereocenters. The number of hydrogen-bond acceptors (Lipinski definition) is 2. The van der Waals surface area contributed by atoms with Gasteiger partial charge in [-0.3, -0.25) is 4.79 Å². The van der Waals surface area contributed by atoms with Gasteiger partial charge in [-0.25, -0.2) is 0 Å². The maximum atomic E-state index is 11.4. The van der Waals surface area contributed by atoms with Crippen LogP contribution in [-0.2, 0) is 16.1 Å². The minimum atomic E-state index is -0.161. The predicted octanol–water partition coefficient (Wildman–Crippen LogP) is 5.04. The summed E-state index contributed by atoms with van der Waals surface area (Å²) in [5, 5.41) is 7.45. The topological polar surface area (TPSA) is 26.3 Å². The Balaban J connectivity index is 1.98. The van der Waals surface area contributed by atoms with Crippen molar-refractivity contribution < 1.29 is 9.53 Å². The molecular formula is C20H16O2. The van der Waals surface area contributed by atoms with Gasteiger partial charge in [0.25, 0.3) is 0 Å². The summed E-state index contributed by atoms with van der Waals surface area (Å²) in [7, 11) is 0. The molecule has 22 heavy (non-hydrogen) atoms. The molecule has 0 N–H and O–H groups in total. The highest BCUT2D eigenvalue weighted by Gasteiger charge is 2.11. The van der Waals surface area contributed by atoms with Crippen LogP contribution in [0.5, 0.6) is 0 Å². The second-order valence-electron chi connectivity index (χ2n) is 5.59. The molecule has 0 unspecified atom stereocenters. The molecule has 0 saturated heterocycles. The maximum absolute atomic E-state index is 11.4. The summed E-state index contributed by atoms with van der Waals surface area (Å²) in [4.78, 5) is 11.4. The lowest BCUT2D eigenvalue weighted by molar-refractivity contribution is -0.144. The van der Waals surface area contributed by atoms with Crippen molar-refractivity contribution >= 4 is 38.3 Å². The van der Waals surface area contributed by atoms with E-state index in [1.165, 1.54) is 32.3 Å². The molecule has 2 heteroatoms. The molecule has 0 heterocycles. The average molecular weight is 288 g/mol. The molecule has 0 radical (unpaired) electrons. The van der Waals surface area contributed by atoms with E-state index in [-0.39, 0.29) is 5.97 Å². The molecule has 0 saturated carbocycles. The minimum absolute atomic E-state index is 0.161. The van der Waals surface area contributed by atoms with Gasteiger partial charge in [0.1, 0.15) is 6.61 Å². The molecular weight excluding hydrogens is 272 g/mol. The van der Waals surface area contributed by atoms with E-state index in [9.17, 15) is 4.79 Å². The molecule has 0 aromatic heterocycles. The van der Waals surface area contributed by atoms with Gasteiger partial charge in [-0.15, -0.1) is 0 Å². The fraction of sp³-hybridized carbons (Fsp3) is 0.150. The van der Waals surface area contributed by atoms with Crippen molar-refractivity contribution in [2.45, 2.75) is 20.0 Å². The second kappa shape index (κ2) is 4.99. The van der Waals surface area contributed by atoms with Gasteiger partial charge in [0, 0.05) is 6.42 Å². The van der Waals surface area contributed by atoms with Crippen LogP contribution in [0, 0.1) is 0 Å². The van der Waals surface area contributed by atoms with Crippen molar-refractivity contribution in [3.05, 3.63) is 60.2 Å². The van der Waals surface area contributed by atoms with Gasteiger partial charge in [0.05, 0.1) is 0 Å². The zero-order valence-electron chi connectivity index (χ0n) is 12.4.